The quantitative estimate of drug-likeness (QED) is 0.855. The molecule has 1 spiro atoms. The Morgan fingerprint density at radius 2 is 2.23 bits per heavy atom. The molecule has 1 aromatic heterocycles. The highest BCUT2D eigenvalue weighted by atomic mass is 32.2. The number of carbonyl (C=O) groups excluding carboxylic acids is 1. The van der Waals surface area contributed by atoms with Crippen LogP contribution in [-0.4, -0.2) is 47.1 Å². The van der Waals surface area contributed by atoms with Crippen LogP contribution in [-0.2, 0) is 4.74 Å². The van der Waals surface area contributed by atoms with Crippen LogP contribution in [0.2, 0.25) is 0 Å². The number of carbonyl (C=O) groups is 1. The maximum atomic E-state index is 12.5. The molecule has 1 atom stereocenters. The van der Waals surface area contributed by atoms with Crippen molar-refractivity contribution in [3.63, 3.8) is 0 Å². The minimum atomic E-state index is 0.114. The van der Waals surface area contributed by atoms with E-state index in [-0.39, 0.29) is 10.7 Å². The zero-order valence-corrected chi connectivity index (χ0v) is 14.1. The Kier molecular flexibility index (Phi) is 3.53. The van der Waals surface area contributed by atoms with Gasteiger partial charge in [0.2, 0.25) is 0 Å². The molecule has 5 heteroatoms. The highest BCUT2D eigenvalue weighted by molar-refractivity contribution is 8.01. The number of thioether (sulfide) groups is 1. The van der Waals surface area contributed by atoms with E-state index in [2.05, 4.69) is 0 Å². The number of furan rings is 1. The minimum absolute atomic E-state index is 0.114. The monoisotopic (exact) mass is 321 g/mol. The molecule has 2 aliphatic heterocycles. The fraction of sp³-hybridized carbons (Fsp3) is 0.706. The highest BCUT2D eigenvalue weighted by Gasteiger charge is 2.51. The third-order valence-electron chi connectivity index (χ3n) is 4.96. The molecule has 22 heavy (non-hydrogen) atoms. The van der Waals surface area contributed by atoms with Crippen molar-refractivity contribution < 1.29 is 13.9 Å². The number of hydrogen-bond acceptors (Lipinski definition) is 4. The fourth-order valence-corrected chi connectivity index (χ4v) is 5.04. The molecule has 0 aromatic carbocycles. The van der Waals surface area contributed by atoms with Crippen molar-refractivity contribution in [1.82, 2.24) is 4.90 Å². The molecule has 0 bridgehead atoms. The molecule has 0 N–H and O–H groups in total. The SMILES string of the molecule is Cc1cc(C(=O)N2CC3(C[C@@H](OCC4CC4)CS3)C2)c(C)o1. The molecule has 1 saturated carbocycles. The molecule has 2 saturated heterocycles. The Hall–Kier alpha value is -0.940. The first-order chi connectivity index (χ1) is 10.5. The van der Waals surface area contributed by atoms with E-state index in [1.165, 1.54) is 12.8 Å². The third-order valence-corrected chi connectivity index (χ3v) is 6.53. The van der Waals surface area contributed by atoms with E-state index in [9.17, 15) is 4.79 Å². The molecule has 1 aromatic rings. The van der Waals surface area contributed by atoms with Crippen LogP contribution in [0.5, 0.6) is 0 Å². The van der Waals surface area contributed by atoms with Crippen LogP contribution < -0.4 is 0 Å². The maximum Gasteiger partial charge on any atom is 0.257 e. The molecule has 120 valence electrons. The normalized spacial score (nSPS) is 26.5. The lowest BCUT2D eigenvalue weighted by molar-refractivity contribution is 0.0286. The summed E-state index contributed by atoms with van der Waals surface area (Å²) in [4.78, 5) is 14.5. The Morgan fingerprint density at radius 1 is 1.45 bits per heavy atom. The van der Waals surface area contributed by atoms with Gasteiger partial charge in [0, 0.05) is 25.4 Å². The zero-order valence-electron chi connectivity index (χ0n) is 13.3. The summed E-state index contributed by atoms with van der Waals surface area (Å²) in [6.45, 7) is 6.39. The fourth-order valence-electron chi connectivity index (χ4n) is 3.49. The summed E-state index contributed by atoms with van der Waals surface area (Å²) in [5, 5.41) is 0. The number of ether oxygens (including phenoxy) is 1. The number of amides is 1. The van der Waals surface area contributed by atoms with Crippen molar-refractivity contribution >= 4 is 17.7 Å². The van der Waals surface area contributed by atoms with E-state index < -0.39 is 0 Å². The van der Waals surface area contributed by atoms with Crippen LogP contribution in [0, 0.1) is 19.8 Å². The van der Waals surface area contributed by atoms with Gasteiger partial charge in [0.25, 0.3) is 5.91 Å². The second-order valence-electron chi connectivity index (χ2n) is 7.08. The lowest BCUT2D eigenvalue weighted by Gasteiger charge is -2.47. The summed E-state index contributed by atoms with van der Waals surface area (Å²) in [7, 11) is 0. The van der Waals surface area contributed by atoms with E-state index in [0.717, 1.165) is 54.9 Å². The Morgan fingerprint density at radius 3 is 2.86 bits per heavy atom. The number of hydrogen-bond donors (Lipinski definition) is 0. The van der Waals surface area contributed by atoms with E-state index >= 15 is 0 Å². The van der Waals surface area contributed by atoms with Crippen molar-refractivity contribution in [2.75, 3.05) is 25.4 Å². The van der Waals surface area contributed by atoms with Gasteiger partial charge >= 0.3 is 0 Å². The van der Waals surface area contributed by atoms with Gasteiger partial charge in [-0.05, 0) is 45.1 Å². The summed E-state index contributed by atoms with van der Waals surface area (Å²) in [6.07, 6.45) is 4.17. The standard InChI is InChI=1S/C17H23NO3S/c1-11-5-15(12(2)21-11)16(19)18-9-17(10-18)6-14(8-22-17)20-7-13-3-4-13/h5,13-14H,3-4,6-10H2,1-2H3/t14-/m1/s1. The van der Waals surface area contributed by atoms with Crippen molar-refractivity contribution in [3.05, 3.63) is 23.2 Å². The highest BCUT2D eigenvalue weighted by Crippen LogP contribution is 2.47. The van der Waals surface area contributed by atoms with Crippen molar-refractivity contribution in [3.8, 4) is 0 Å². The summed E-state index contributed by atoms with van der Waals surface area (Å²) in [5.74, 6) is 3.56. The second-order valence-corrected chi connectivity index (χ2v) is 8.57. The molecule has 3 fully saturated rings. The van der Waals surface area contributed by atoms with Gasteiger partial charge in [-0.25, -0.2) is 0 Å². The predicted molar refractivity (Wildman–Crippen MR) is 86.4 cm³/mol. The second kappa shape index (κ2) is 5.31. The third kappa shape index (κ3) is 2.69. The van der Waals surface area contributed by atoms with E-state index in [1.54, 1.807) is 0 Å². The van der Waals surface area contributed by atoms with Crippen LogP contribution >= 0.6 is 11.8 Å². The van der Waals surface area contributed by atoms with Gasteiger partial charge in [0.15, 0.2) is 0 Å². The Bertz CT molecular complexity index is 587. The van der Waals surface area contributed by atoms with Gasteiger partial charge in [-0.2, -0.15) is 0 Å². The van der Waals surface area contributed by atoms with Crippen LogP contribution in [0.3, 0.4) is 0 Å². The summed E-state index contributed by atoms with van der Waals surface area (Å²) in [5.41, 5.74) is 0.719. The van der Waals surface area contributed by atoms with Gasteiger partial charge < -0.3 is 14.1 Å². The number of rotatable bonds is 4. The van der Waals surface area contributed by atoms with Crippen molar-refractivity contribution in [2.45, 2.75) is 44.0 Å². The number of likely N-dealkylation sites (tertiary alicyclic amines) is 1. The first-order valence-electron chi connectivity index (χ1n) is 8.16. The predicted octanol–water partition coefficient (Wildman–Crippen LogP) is 3.02. The molecular weight excluding hydrogens is 298 g/mol. The van der Waals surface area contributed by atoms with Gasteiger partial charge in [-0.15, -0.1) is 11.8 Å². The van der Waals surface area contributed by atoms with Gasteiger partial charge in [-0.1, -0.05) is 0 Å². The van der Waals surface area contributed by atoms with Crippen LogP contribution in [0.25, 0.3) is 0 Å². The molecule has 4 rings (SSSR count). The first kappa shape index (κ1) is 14.6. The van der Waals surface area contributed by atoms with Crippen molar-refractivity contribution in [2.24, 2.45) is 5.92 Å². The zero-order chi connectivity index (χ0) is 15.3. The molecule has 1 aliphatic carbocycles. The van der Waals surface area contributed by atoms with Crippen molar-refractivity contribution in [1.29, 1.82) is 0 Å². The average Bonchev–Trinajstić information content (AvgIpc) is 3.07. The molecule has 3 heterocycles. The Balaban J connectivity index is 1.31. The van der Waals surface area contributed by atoms with Crippen LogP contribution in [0.4, 0.5) is 0 Å². The van der Waals surface area contributed by atoms with Crippen LogP contribution in [0.15, 0.2) is 10.5 Å². The smallest absolute Gasteiger partial charge is 0.257 e. The summed E-state index contributed by atoms with van der Waals surface area (Å²) in [6, 6.07) is 1.85. The minimum Gasteiger partial charge on any atom is -0.466 e. The topological polar surface area (TPSA) is 42.7 Å². The number of aryl methyl sites for hydroxylation is 2. The largest absolute Gasteiger partial charge is 0.466 e. The number of nitrogens with zero attached hydrogens (tertiary/aromatic N) is 1. The summed E-state index contributed by atoms with van der Waals surface area (Å²) >= 11 is 2.00. The average molecular weight is 321 g/mol. The van der Waals surface area contributed by atoms with E-state index in [4.69, 9.17) is 9.15 Å². The lowest BCUT2D eigenvalue weighted by Crippen LogP contribution is -2.60. The van der Waals surface area contributed by atoms with Gasteiger partial charge in [0.05, 0.1) is 16.4 Å². The lowest BCUT2D eigenvalue weighted by atomic mass is 9.92. The van der Waals surface area contributed by atoms with E-state index in [1.807, 2.05) is 36.6 Å². The van der Waals surface area contributed by atoms with E-state index in [0.29, 0.717) is 6.10 Å². The molecular formula is C17H23NO3S. The first-order valence-corrected chi connectivity index (χ1v) is 9.15. The molecule has 0 unspecified atom stereocenters. The maximum absolute atomic E-state index is 12.5. The van der Waals surface area contributed by atoms with Gasteiger partial charge in [-0.3, -0.25) is 4.79 Å². The Labute approximate surface area is 135 Å². The van der Waals surface area contributed by atoms with Gasteiger partial charge in [0.1, 0.15) is 11.5 Å². The molecule has 0 radical (unpaired) electrons. The molecule has 3 aliphatic rings. The molecule has 4 nitrogen and oxygen atoms in total. The summed E-state index contributed by atoms with van der Waals surface area (Å²) < 4.78 is 11.7. The van der Waals surface area contributed by atoms with Crippen LogP contribution in [0.1, 0.15) is 41.1 Å². The molecule has 1 amide bonds.